The number of nitrogens with zero attached hydrogens (tertiary/aromatic N) is 3. The van der Waals surface area contributed by atoms with E-state index in [2.05, 4.69) is 10.3 Å². The predicted molar refractivity (Wildman–Crippen MR) is 125 cm³/mol. The Kier molecular flexibility index (Phi) is 5.92. The van der Waals surface area contributed by atoms with E-state index in [1.54, 1.807) is 5.38 Å². The van der Waals surface area contributed by atoms with Gasteiger partial charge in [0.05, 0.1) is 21.1 Å². The summed E-state index contributed by atoms with van der Waals surface area (Å²) in [6, 6.07) is 19.8. The molecule has 0 unspecified atom stereocenters. The van der Waals surface area contributed by atoms with Gasteiger partial charge in [-0.15, -0.1) is 11.3 Å². The van der Waals surface area contributed by atoms with Crippen LogP contribution in [0.5, 0.6) is 0 Å². The second-order valence-corrected chi connectivity index (χ2v) is 7.95. The molecule has 33 heavy (non-hydrogen) atoms. The Morgan fingerprint density at radius 1 is 0.879 bits per heavy atom. The van der Waals surface area contributed by atoms with Crippen LogP contribution in [0.15, 0.2) is 72.1 Å². The van der Waals surface area contributed by atoms with Crippen molar-refractivity contribution in [3.05, 3.63) is 103 Å². The summed E-state index contributed by atoms with van der Waals surface area (Å²) < 4.78 is 0. The molecule has 0 saturated heterocycles. The Balaban J connectivity index is 1.55. The molecule has 4 rings (SSSR count). The van der Waals surface area contributed by atoms with Gasteiger partial charge in [0, 0.05) is 23.1 Å². The van der Waals surface area contributed by atoms with E-state index >= 15 is 0 Å². The monoisotopic (exact) mass is 460 g/mol. The first kappa shape index (κ1) is 21.8. The number of rotatable bonds is 6. The maximum absolute atomic E-state index is 12.6. The van der Waals surface area contributed by atoms with Crippen molar-refractivity contribution in [1.82, 2.24) is 4.98 Å². The summed E-state index contributed by atoms with van der Waals surface area (Å²) in [5.74, 6) is -0.721. The van der Waals surface area contributed by atoms with Crippen molar-refractivity contribution >= 4 is 33.8 Å². The minimum atomic E-state index is -0.750. The molecule has 3 aromatic carbocycles. The lowest BCUT2D eigenvalue weighted by Crippen LogP contribution is -2.13. The van der Waals surface area contributed by atoms with Crippen molar-refractivity contribution in [1.29, 1.82) is 0 Å². The summed E-state index contributed by atoms with van der Waals surface area (Å²) in [5.41, 5.74) is 2.37. The Morgan fingerprint density at radius 3 is 2.00 bits per heavy atom. The lowest BCUT2D eigenvalue weighted by Gasteiger charge is -2.05. The molecule has 1 N–H and O–H groups in total. The van der Waals surface area contributed by atoms with Gasteiger partial charge in [-0.1, -0.05) is 54.6 Å². The molecule has 1 amide bonds. The van der Waals surface area contributed by atoms with Crippen molar-refractivity contribution in [2.45, 2.75) is 6.92 Å². The zero-order valence-corrected chi connectivity index (χ0v) is 18.0. The van der Waals surface area contributed by atoms with Gasteiger partial charge in [0.1, 0.15) is 5.56 Å². The topological polar surface area (TPSA) is 128 Å². The highest BCUT2D eigenvalue weighted by atomic mass is 32.1. The minimum Gasteiger partial charge on any atom is -0.298 e. The summed E-state index contributed by atoms with van der Waals surface area (Å²) >= 11 is 1.18. The van der Waals surface area contributed by atoms with E-state index in [0.717, 1.165) is 28.8 Å². The third-order valence-corrected chi connectivity index (χ3v) is 5.78. The van der Waals surface area contributed by atoms with Crippen LogP contribution >= 0.6 is 11.3 Å². The molecule has 9 nitrogen and oxygen atoms in total. The number of aromatic nitrogens is 1. The van der Waals surface area contributed by atoms with Gasteiger partial charge in [0.2, 0.25) is 0 Å². The average Bonchev–Trinajstić information content (AvgIpc) is 3.28. The highest BCUT2D eigenvalue weighted by molar-refractivity contribution is 7.14. The van der Waals surface area contributed by atoms with Crippen LogP contribution in [0.1, 0.15) is 15.9 Å². The SMILES string of the molecule is Cc1c([N+](=O)[O-])cc(C(=O)Nc2nc(-c3ccc(-c4ccccc4)cc3)cs2)cc1[N+](=O)[O-]. The van der Waals surface area contributed by atoms with Gasteiger partial charge in [-0.2, -0.15) is 0 Å². The van der Waals surface area contributed by atoms with Crippen LogP contribution in [0, 0.1) is 27.2 Å². The molecule has 0 fully saturated rings. The number of nitro benzene ring substituents is 2. The van der Waals surface area contributed by atoms with Crippen LogP contribution in [0.25, 0.3) is 22.4 Å². The van der Waals surface area contributed by atoms with Gasteiger partial charge in [-0.25, -0.2) is 4.98 Å². The molecule has 0 spiro atoms. The maximum Gasteiger partial charge on any atom is 0.279 e. The smallest absolute Gasteiger partial charge is 0.279 e. The second-order valence-electron chi connectivity index (χ2n) is 7.09. The summed E-state index contributed by atoms with van der Waals surface area (Å²) in [6.45, 7) is 1.27. The van der Waals surface area contributed by atoms with Crippen LogP contribution in [0.2, 0.25) is 0 Å². The first-order valence-electron chi connectivity index (χ1n) is 9.69. The first-order chi connectivity index (χ1) is 15.8. The number of carbonyl (C=O) groups excluding carboxylic acids is 1. The van der Waals surface area contributed by atoms with E-state index in [0.29, 0.717) is 5.69 Å². The van der Waals surface area contributed by atoms with Crippen molar-refractivity contribution in [3.63, 3.8) is 0 Å². The molecule has 0 aliphatic heterocycles. The zero-order valence-electron chi connectivity index (χ0n) is 17.2. The standard InChI is InChI=1S/C23H16N4O5S/c1-14-20(26(29)30)11-18(12-21(14)27(31)32)22(28)25-23-24-19(13-33-23)17-9-7-16(8-10-17)15-5-3-2-4-6-15/h2-13H,1H3,(H,24,25,28). The molecule has 0 aliphatic rings. The van der Waals surface area contributed by atoms with Crippen molar-refractivity contribution in [3.8, 4) is 22.4 Å². The Labute approximate surface area is 191 Å². The fourth-order valence-corrected chi connectivity index (χ4v) is 4.01. The fourth-order valence-electron chi connectivity index (χ4n) is 3.29. The van der Waals surface area contributed by atoms with E-state index in [1.165, 1.54) is 18.3 Å². The molecule has 10 heteroatoms. The molecular formula is C23H16N4O5S. The van der Waals surface area contributed by atoms with Crippen LogP contribution in [-0.2, 0) is 0 Å². The summed E-state index contributed by atoms with van der Waals surface area (Å²) in [6.07, 6.45) is 0. The van der Waals surface area contributed by atoms with Gasteiger partial charge in [-0.05, 0) is 18.1 Å². The number of nitro groups is 2. The number of anilines is 1. The minimum absolute atomic E-state index is 0.114. The molecular weight excluding hydrogens is 444 g/mol. The van der Waals surface area contributed by atoms with E-state index in [1.807, 2.05) is 54.6 Å². The Morgan fingerprint density at radius 2 is 1.42 bits per heavy atom. The van der Waals surface area contributed by atoms with Crippen LogP contribution in [0.3, 0.4) is 0 Å². The largest absolute Gasteiger partial charge is 0.298 e. The molecule has 1 heterocycles. The highest BCUT2D eigenvalue weighted by Crippen LogP contribution is 2.31. The molecule has 0 radical (unpaired) electrons. The lowest BCUT2D eigenvalue weighted by atomic mass is 10.0. The second kappa shape index (κ2) is 8.97. The van der Waals surface area contributed by atoms with Gasteiger partial charge in [0.25, 0.3) is 17.3 Å². The number of nitrogens with one attached hydrogen (secondary N) is 1. The van der Waals surface area contributed by atoms with Gasteiger partial charge in [-0.3, -0.25) is 30.3 Å². The van der Waals surface area contributed by atoms with Gasteiger partial charge >= 0.3 is 0 Å². The number of amides is 1. The quantitative estimate of drug-likeness (QED) is 0.284. The van der Waals surface area contributed by atoms with Gasteiger partial charge in [0.15, 0.2) is 5.13 Å². The van der Waals surface area contributed by atoms with Crippen LogP contribution < -0.4 is 5.32 Å². The number of carbonyl (C=O) groups is 1. The average molecular weight is 460 g/mol. The van der Waals surface area contributed by atoms with E-state index in [4.69, 9.17) is 0 Å². The normalized spacial score (nSPS) is 10.6. The molecule has 164 valence electrons. The third-order valence-electron chi connectivity index (χ3n) is 5.02. The molecule has 0 bridgehead atoms. The molecule has 0 aliphatic carbocycles. The number of benzene rings is 3. The van der Waals surface area contributed by atoms with Crippen molar-refractivity contribution in [2.24, 2.45) is 0 Å². The molecule has 0 saturated carbocycles. The van der Waals surface area contributed by atoms with E-state index < -0.39 is 27.1 Å². The number of hydrogen-bond donors (Lipinski definition) is 1. The third kappa shape index (κ3) is 4.60. The van der Waals surface area contributed by atoms with E-state index in [9.17, 15) is 25.0 Å². The lowest BCUT2D eigenvalue weighted by molar-refractivity contribution is -0.395. The Bertz CT molecular complexity index is 1330. The summed E-state index contributed by atoms with van der Waals surface area (Å²) in [7, 11) is 0. The fraction of sp³-hybridized carbons (Fsp3) is 0.0435. The summed E-state index contributed by atoms with van der Waals surface area (Å²) in [4.78, 5) is 38.0. The predicted octanol–water partition coefficient (Wildman–Crippen LogP) is 5.85. The summed E-state index contributed by atoms with van der Waals surface area (Å²) in [5, 5.41) is 27.1. The highest BCUT2D eigenvalue weighted by Gasteiger charge is 2.25. The van der Waals surface area contributed by atoms with Crippen LogP contribution in [0.4, 0.5) is 16.5 Å². The molecule has 1 aromatic heterocycles. The van der Waals surface area contributed by atoms with Crippen LogP contribution in [-0.4, -0.2) is 20.7 Å². The number of hydrogen-bond acceptors (Lipinski definition) is 7. The van der Waals surface area contributed by atoms with E-state index in [-0.39, 0.29) is 16.3 Å². The van der Waals surface area contributed by atoms with Crippen molar-refractivity contribution in [2.75, 3.05) is 5.32 Å². The maximum atomic E-state index is 12.6. The molecule has 0 atom stereocenters. The number of thiazole rings is 1. The van der Waals surface area contributed by atoms with Gasteiger partial charge < -0.3 is 0 Å². The Hall–Kier alpha value is -4.44. The molecule has 4 aromatic rings. The first-order valence-corrected chi connectivity index (χ1v) is 10.6. The van der Waals surface area contributed by atoms with Crippen molar-refractivity contribution < 1.29 is 14.6 Å². The zero-order chi connectivity index (χ0) is 23.5.